The molecule has 0 radical (unpaired) electrons. The predicted octanol–water partition coefficient (Wildman–Crippen LogP) is 1.18. The highest BCUT2D eigenvalue weighted by Gasteiger charge is 2.76. The van der Waals surface area contributed by atoms with E-state index in [1.165, 1.54) is 0 Å². The molecule has 1 saturated carbocycles. The van der Waals surface area contributed by atoms with Gasteiger partial charge in [0, 0.05) is 12.8 Å². The molecular formula is C7H7F3O3. The fourth-order valence-electron chi connectivity index (χ4n) is 2.02. The number of fused-ring (bicyclic) bond motifs is 1. The van der Waals surface area contributed by atoms with Crippen LogP contribution in [0.3, 0.4) is 0 Å². The smallest absolute Gasteiger partial charge is 0.396 e. The van der Waals surface area contributed by atoms with E-state index in [1.54, 1.807) is 0 Å². The van der Waals surface area contributed by atoms with E-state index in [-0.39, 0.29) is 0 Å². The lowest BCUT2D eigenvalue weighted by Gasteiger charge is -2.42. The summed E-state index contributed by atoms with van der Waals surface area (Å²) < 4.78 is 41.7. The van der Waals surface area contributed by atoms with Crippen LogP contribution in [0.15, 0.2) is 0 Å². The highest BCUT2D eigenvalue weighted by Crippen LogP contribution is 2.64. The van der Waals surface area contributed by atoms with Crippen molar-refractivity contribution in [1.29, 1.82) is 0 Å². The summed E-state index contributed by atoms with van der Waals surface area (Å²) in [5, 5.41) is 8.60. The van der Waals surface area contributed by atoms with Crippen molar-refractivity contribution >= 4 is 5.97 Å². The van der Waals surface area contributed by atoms with E-state index in [1.807, 2.05) is 0 Å². The second-order valence-electron chi connectivity index (χ2n) is 3.72. The van der Waals surface area contributed by atoms with Crippen molar-refractivity contribution in [2.24, 2.45) is 5.41 Å². The summed E-state index contributed by atoms with van der Waals surface area (Å²) in [5.41, 5.74) is -3.43. The summed E-state index contributed by atoms with van der Waals surface area (Å²) in [7, 11) is 0. The molecule has 13 heavy (non-hydrogen) atoms. The Morgan fingerprint density at radius 2 is 1.92 bits per heavy atom. The average molecular weight is 196 g/mol. The molecule has 2 saturated heterocycles. The van der Waals surface area contributed by atoms with Gasteiger partial charge in [0.1, 0.15) is 0 Å². The van der Waals surface area contributed by atoms with Crippen LogP contribution in [0.1, 0.15) is 12.8 Å². The zero-order valence-electron chi connectivity index (χ0n) is 6.52. The van der Waals surface area contributed by atoms with Crippen LogP contribution >= 0.6 is 0 Å². The molecule has 3 aliphatic rings. The number of hydrogen-bond acceptors (Lipinski definition) is 2. The molecule has 1 aliphatic carbocycles. The Bertz CT molecular complexity index is 265. The van der Waals surface area contributed by atoms with Crippen molar-refractivity contribution in [2.75, 3.05) is 6.61 Å². The molecule has 0 unspecified atom stereocenters. The van der Waals surface area contributed by atoms with Gasteiger partial charge in [0.2, 0.25) is 0 Å². The lowest BCUT2D eigenvalue weighted by Crippen LogP contribution is -2.55. The quantitative estimate of drug-likeness (QED) is 0.685. The largest absolute Gasteiger partial charge is 0.479 e. The van der Waals surface area contributed by atoms with Crippen LogP contribution in [-0.2, 0) is 9.53 Å². The third-order valence-corrected chi connectivity index (χ3v) is 2.86. The average Bonchev–Trinajstić information content (AvgIpc) is 2.34. The first kappa shape index (κ1) is 8.80. The Morgan fingerprint density at radius 1 is 1.38 bits per heavy atom. The molecular weight excluding hydrogens is 189 g/mol. The molecule has 0 aromatic rings. The lowest BCUT2D eigenvalue weighted by molar-refractivity contribution is -0.244. The molecule has 0 amide bonds. The fraction of sp³-hybridized carbons (Fsp3) is 0.857. The van der Waals surface area contributed by atoms with Crippen LogP contribution in [-0.4, -0.2) is 29.5 Å². The van der Waals surface area contributed by atoms with Crippen molar-refractivity contribution in [2.45, 2.75) is 24.6 Å². The van der Waals surface area contributed by atoms with E-state index in [2.05, 4.69) is 4.74 Å². The van der Waals surface area contributed by atoms with Gasteiger partial charge in [-0.2, -0.15) is 13.2 Å². The van der Waals surface area contributed by atoms with Gasteiger partial charge in [-0.15, -0.1) is 0 Å². The normalized spacial score (nSPS) is 43.0. The first-order chi connectivity index (χ1) is 5.81. The minimum Gasteiger partial charge on any atom is -0.479 e. The number of carbonyl (C=O) groups is 1. The second kappa shape index (κ2) is 2.00. The fourth-order valence-corrected chi connectivity index (χ4v) is 2.02. The van der Waals surface area contributed by atoms with E-state index in [0.29, 0.717) is 0 Å². The number of carboxylic acids is 1. The first-order valence-electron chi connectivity index (χ1n) is 3.76. The topological polar surface area (TPSA) is 46.5 Å². The Balaban J connectivity index is 2.20. The minimum absolute atomic E-state index is 0.432. The minimum atomic E-state index is -4.34. The van der Waals surface area contributed by atoms with E-state index >= 15 is 0 Å². The number of halogens is 3. The molecule has 0 aromatic carbocycles. The Hall–Kier alpha value is -0.780. The van der Waals surface area contributed by atoms with Crippen LogP contribution in [0.4, 0.5) is 13.2 Å². The van der Waals surface area contributed by atoms with Gasteiger partial charge >= 0.3 is 12.1 Å². The van der Waals surface area contributed by atoms with Gasteiger partial charge in [0.25, 0.3) is 0 Å². The lowest BCUT2D eigenvalue weighted by atomic mass is 9.62. The molecule has 2 aliphatic heterocycles. The molecule has 0 spiro atoms. The van der Waals surface area contributed by atoms with Crippen molar-refractivity contribution in [3.05, 3.63) is 0 Å². The SMILES string of the molecule is O=C(O)C12CC(C(F)(F)F)(CO1)C2. The standard InChI is InChI=1S/C7H7F3O3/c8-7(9,10)5-1-6(2-5,4(11)12)13-3-5/h1-3H2,(H,11,12). The maximum absolute atomic E-state index is 12.3. The number of hydrogen-bond donors (Lipinski definition) is 1. The molecule has 3 nitrogen and oxygen atoms in total. The van der Waals surface area contributed by atoms with Crippen LogP contribution in [0.25, 0.3) is 0 Å². The zero-order chi connectivity index (χ0) is 9.91. The number of aliphatic carboxylic acids is 1. The van der Waals surface area contributed by atoms with E-state index in [9.17, 15) is 18.0 Å². The molecule has 2 heterocycles. The van der Waals surface area contributed by atoms with Crippen LogP contribution in [0.2, 0.25) is 0 Å². The summed E-state index contributed by atoms with van der Waals surface area (Å²) in [5.74, 6) is -1.29. The molecule has 0 aromatic heterocycles. The molecule has 6 heteroatoms. The number of rotatable bonds is 1. The molecule has 3 fully saturated rings. The monoisotopic (exact) mass is 196 g/mol. The molecule has 3 rings (SSSR count). The molecule has 2 bridgehead atoms. The number of carboxylic acid groups (broad SMARTS) is 1. The Labute approximate surface area is 71.5 Å². The maximum Gasteiger partial charge on any atom is 0.396 e. The van der Waals surface area contributed by atoms with Gasteiger partial charge in [0.05, 0.1) is 12.0 Å². The molecule has 74 valence electrons. The van der Waals surface area contributed by atoms with Gasteiger partial charge in [-0.25, -0.2) is 4.79 Å². The molecule has 0 atom stereocenters. The molecule has 1 N–H and O–H groups in total. The summed E-state index contributed by atoms with van der Waals surface area (Å²) in [6, 6.07) is 0. The number of ether oxygens (including phenoxy) is 1. The van der Waals surface area contributed by atoms with Crippen molar-refractivity contribution in [3.63, 3.8) is 0 Å². The Kier molecular flexibility index (Phi) is 1.35. The van der Waals surface area contributed by atoms with Crippen LogP contribution in [0, 0.1) is 5.41 Å². The van der Waals surface area contributed by atoms with Crippen LogP contribution < -0.4 is 0 Å². The highest BCUT2D eigenvalue weighted by atomic mass is 19.4. The van der Waals surface area contributed by atoms with Crippen LogP contribution in [0.5, 0.6) is 0 Å². The summed E-state index contributed by atoms with van der Waals surface area (Å²) >= 11 is 0. The van der Waals surface area contributed by atoms with Gasteiger partial charge < -0.3 is 9.84 Å². The second-order valence-corrected chi connectivity index (χ2v) is 3.72. The third kappa shape index (κ3) is 0.864. The van der Waals surface area contributed by atoms with E-state index in [0.717, 1.165) is 0 Å². The van der Waals surface area contributed by atoms with E-state index < -0.39 is 42.6 Å². The van der Waals surface area contributed by atoms with Gasteiger partial charge in [0.15, 0.2) is 5.60 Å². The van der Waals surface area contributed by atoms with Crippen molar-refractivity contribution in [3.8, 4) is 0 Å². The van der Waals surface area contributed by atoms with Crippen molar-refractivity contribution < 1.29 is 27.8 Å². The van der Waals surface area contributed by atoms with Gasteiger partial charge in [-0.3, -0.25) is 0 Å². The van der Waals surface area contributed by atoms with Gasteiger partial charge in [-0.05, 0) is 0 Å². The third-order valence-electron chi connectivity index (χ3n) is 2.86. The maximum atomic E-state index is 12.3. The van der Waals surface area contributed by atoms with Crippen molar-refractivity contribution in [1.82, 2.24) is 0 Å². The highest BCUT2D eigenvalue weighted by molar-refractivity contribution is 5.80. The van der Waals surface area contributed by atoms with Gasteiger partial charge in [-0.1, -0.05) is 0 Å². The summed E-state index contributed by atoms with van der Waals surface area (Å²) in [4.78, 5) is 10.5. The predicted molar refractivity (Wildman–Crippen MR) is 34.0 cm³/mol. The van der Waals surface area contributed by atoms with E-state index in [4.69, 9.17) is 5.11 Å². The first-order valence-corrected chi connectivity index (χ1v) is 3.76. The zero-order valence-corrected chi connectivity index (χ0v) is 6.52. The number of alkyl halides is 3. The summed E-state index contributed by atoms with van der Waals surface area (Å²) in [6.45, 7) is -0.511. The Morgan fingerprint density at radius 3 is 2.15 bits per heavy atom. The summed E-state index contributed by atoms with van der Waals surface area (Å²) in [6.07, 6.45) is -5.21.